The van der Waals surface area contributed by atoms with E-state index in [1.165, 1.54) is 29.5 Å². The minimum atomic E-state index is -1.83. The van der Waals surface area contributed by atoms with E-state index < -0.39 is 12.0 Å². The molecule has 7 nitrogen and oxygen atoms in total. The first-order chi connectivity index (χ1) is 17.3. The van der Waals surface area contributed by atoms with Crippen molar-refractivity contribution in [3.63, 3.8) is 0 Å². The Kier molecular flexibility index (Phi) is 7.74. The van der Waals surface area contributed by atoms with Crippen LogP contribution in [0.1, 0.15) is 36.0 Å². The van der Waals surface area contributed by atoms with Gasteiger partial charge in [-0.15, -0.1) is 0 Å². The van der Waals surface area contributed by atoms with Crippen LogP contribution in [0.5, 0.6) is 0 Å². The van der Waals surface area contributed by atoms with Gasteiger partial charge in [0.25, 0.3) is 5.91 Å². The number of benzene rings is 3. The van der Waals surface area contributed by atoms with Crippen molar-refractivity contribution < 1.29 is 28.6 Å². The van der Waals surface area contributed by atoms with Crippen LogP contribution in [0, 0.1) is 11.6 Å². The topological polar surface area (TPSA) is 112 Å². The number of aromatic nitrogens is 1. The largest absolute Gasteiger partial charge is 0.503 e. The van der Waals surface area contributed by atoms with Crippen LogP contribution >= 0.6 is 11.3 Å². The number of fused-ring (bicyclic) bond motifs is 1. The number of nitrogens with one attached hydrogen (secondary N) is 2. The van der Waals surface area contributed by atoms with Gasteiger partial charge in [0.1, 0.15) is 11.6 Å². The maximum absolute atomic E-state index is 14.8. The van der Waals surface area contributed by atoms with E-state index in [1.807, 2.05) is 18.2 Å². The van der Waals surface area contributed by atoms with Crippen molar-refractivity contribution >= 4 is 44.4 Å². The van der Waals surface area contributed by atoms with Gasteiger partial charge in [0.15, 0.2) is 5.13 Å². The molecule has 186 valence electrons. The first-order valence-corrected chi connectivity index (χ1v) is 12.1. The second-order valence-electron chi connectivity index (χ2n) is 8.27. The number of carbonyl (C=O) groups is 2. The van der Waals surface area contributed by atoms with E-state index in [1.54, 1.807) is 24.3 Å². The van der Waals surface area contributed by atoms with Crippen molar-refractivity contribution in [1.29, 1.82) is 0 Å². The van der Waals surface area contributed by atoms with Gasteiger partial charge in [-0.25, -0.2) is 18.6 Å². The molecule has 1 heterocycles. The molecule has 0 aliphatic heterocycles. The SMILES string of the molecule is O=C(NC1CCCC1)c1ccc(-c2ccc(Nc3nc4ccc(F)cc4s3)c(F)c2)cc1.O=C(O)O. The van der Waals surface area contributed by atoms with E-state index in [9.17, 15) is 13.6 Å². The third-order valence-corrected chi connectivity index (χ3v) is 6.67. The van der Waals surface area contributed by atoms with E-state index >= 15 is 0 Å². The zero-order valence-electron chi connectivity index (χ0n) is 19.0. The Morgan fingerprint density at radius 3 is 2.25 bits per heavy atom. The molecule has 0 bridgehead atoms. The first kappa shape index (κ1) is 25.1. The van der Waals surface area contributed by atoms with Gasteiger partial charge in [-0.2, -0.15) is 0 Å². The van der Waals surface area contributed by atoms with Gasteiger partial charge < -0.3 is 20.8 Å². The van der Waals surface area contributed by atoms with Gasteiger partial charge in [-0.05, 0) is 66.4 Å². The Hall–Kier alpha value is -4.05. The molecule has 1 aliphatic rings. The number of hydrogen-bond acceptors (Lipinski definition) is 5. The maximum Gasteiger partial charge on any atom is 0.503 e. The van der Waals surface area contributed by atoms with Crippen LogP contribution < -0.4 is 10.6 Å². The van der Waals surface area contributed by atoms with Crippen molar-refractivity contribution in [3.8, 4) is 11.1 Å². The standard InChI is InChI=1S/C25H21F2N3OS.CH2O3/c26-18-10-12-22-23(14-18)32-25(30-22)29-21-11-9-17(13-20(21)27)15-5-7-16(8-6-15)24(31)28-19-3-1-2-4-19;2-1(3)4/h5-14,19H,1-4H2,(H,28,31)(H,29,30);(H2,2,3,4). The van der Waals surface area contributed by atoms with Crippen molar-refractivity contribution in [2.75, 3.05) is 5.32 Å². The highest BCUT2D eigenvalue weighted by Gasteiger charge is 2.18. The second-order valence-corrected chi connectivity index (χ2v) is 9.30. The van der Waals surface area contributed by atoms with Crippen molar-refractivity contribution in [2.24, 2.45) is 0 Å². The van der Waals surface area contributed by atoms with Gasteiger partial charge >= 0.3 is 6.16 Å². The second kappa shape index (κ2) is 11.1. The molecule has 0 unspecified atom stereocenters. The number of hydrogen-bond donors (Lipinski definition) is 4. The van der Waals surface area contributed by atoms with Crippen molar-refractivity contribution in [1.82, 2.24) is 10.3 Å². The predicted octanol–water partition coefficient (Wildman–Crippen LogP) is 6.88. The number of amides is 1. The highest BCUT2D eigenvalue weighted by atomic mass is 32.1. The summed E-state index contributed by atoms with van der Waals surface area (Å²) in [5.74, 6) is -0.814. The summed E-state index contributed by atoms with van der Waals surface area (Å²) in [6.45, 7) is 0. The van der Waals surface area contributed by atoms with Gasteiger partial charge in [0.05, 0.1) is 15.9 Å². The van der Waals surface area contributed by atoms with Crippen LogP contribution in [0.4, 0.5) is 24.4 Å². The molecule has 0 saturated heterocycles. The number of anilines is 2. The monoisotopic (exact) mass is 511 g/mol. The lowest BCUT2D eigenvalue weighted by molar-refractivity contribution is 0.0937. The average molecular weight is 512 g/mol. The van der Waals surface area contributed by atoms with E-state index in [0.717, 1.165) is 31.2 Å². The summed E-state index contributed by atoms with van der Waals surface area (Å²) in [6.07, 6.45) is 2.57. The van der Waals surface area contributed by atoms with Gasteiger partial charge in [0.2, 0.25) is 0 Å². The average Bonchev–Trinajstić information content (AvgIpc) is 3.49. The lowest BCUT2D eigenvalue weighted by Crippen LogP contribution is -2.32. The first-order valence-electron chi connectivity index (χ1n) is 11.2. The van der Waals surface area contributed by atoms with E-state index in [2.05, 4.69) is 15.6 Å². The van der Waals surface area contributed by atoms with Crippen LogP contribution in [0.3, 0.4) is 0 Å². The lowest BCUT2D eigenvalue weighted by atomic mass is 10.0. The van der Waals surface area contributed by atoms with E-state index in [4.69, 9.17) is 15.0 Å². The van der Waals surface area contributed by atoms with Crippen LogP contribution in [-0.2, 0) is 0 Å². The molecule has 5 rings (SSSR count). The summed E-state index contributed by atoms with van der Waals surface area (Å²) in [5, 5.41) is 20.5. The van der Waals surface area contributed by atoms with Crippen molar-refractivity contribution in [3.05, 3.63) is 77.9 Å². The molecule has 36 heavy (non-hydrogen) atoms. The lowest BCUT2D eigenvalue weighted by Gasteiger charge is -2.12. The highest BCUT2D eigenvalue weighted by molar-refractivity contribution is 7.22. The summed E-state index contributed by atoms with van der Waals surface area (Å²) in [4.78, 5) is 25.3. The Morgan fingerprint density at radius 1 is 0.917 bits per heavy atom. The normalized spacial score (nSPS) is 13.2. The zero-order valence-corrected chi connectivity index (χ0v) is 19.8. The fourth-order valence-electron chi connectivity index (χ4n) is 4.02. The number of nitrogens with zero attached hydrogens (tertiary/aromatic N) is 1. The molecule has 4 aromatic rings. The summed E-state index contributed by atoms with van der Waals surface area (Å²) in [7, 11) is 0. The Bertz CT molecular complexity index is 1380. The van der Waals surface area contributed by atoms with Gasteiger partial charge in [-0.3, -0.25) is 4.79 Å². The summed E-state index contributed by atoms with van der Waals surface area (Å²) in [5.41, 5.74) is 3.09. The number of thiazole rings is 1. The smallest absolute Gasteiger partial charge is 0.450 e. The molecule has 0 atom stereocenters. The molecule has 10 heteroatoms. The van der Waals surface area contributed by atoms with Gasteiger partial charge in [-0.1, -0.05) is 42.4 Å². The number of carbonyl (C=O) groups excluding carboxylic acids is 1. The molecule has 3 aromatic carbocycles. The summed E-state index contributed by atoms with van der Waals surface area (Å²) >= 11 is 1.26. The molecule has 1 aromatic heterocycles. The third-order valence-electron chi connectivity index (χ3n) is 5.73. The van der Waals surface area contributed by atoms with Crippen molar-refractivity contribution in [2.45, 2.75) is 31.7 Å². The van der Waals surface area contributed by atoms with Crippen LogP contribution in [0.15, 0.2) is 60.7 Å². The van der Waals surface area contributed by atoms with Gasteiger partial charge in [0, 0.05) is 11.6 Å². The Labute approximate surface area is 209 Å². The minimum absolute atomic E-state index is 0.0649. The molecule has 1 saturated carbocycles. The number of halogens is 2. The Balaban J connectivity index is 0.000000709. The molecule has 0 radical (unpaired) electrons. The zero-order chi connectivity index (χ0) is 25.7. The molecule has 1 fully saturated rings. The molecular weight excluding hydrogens is 488 g/mol. The molecular formula is C26H23F2N3O4S. The summed E-state index contributed by atoms with van der Waals surface area (Å²) < 4.78 is 28.8. The molecule has 1 amide bonds. The van der Waals surface area contributed by atoms with Crippen LogP contribution in [0.2, 0.25) is 0 Å². The fourth-order valence-corrected chi connectivity index (χ4v) is 4.92. The highest BCUT2D eigenvalue weighted by Crippen LogP contribution is 2.31. The molecule has 0 spiro atoms. The van der Waals surface area contributed by atoms with Crippen LogP contribution in [0.25, 0.3) is 21.3 Å². The predicted molar refractivity (Wildman–Crippen MR) is 135 cm³/mol. The Morgan fingerprint density at radius 2 is 1.58 bits per heavy atom. The van der Waals surface area contributed by atoms with Crippen LogP contribution in [-0.4, -0.2) is 33.3 Å². The van der Waals surface area contributed by atoms with E-state index in [0.29, 0.717) is 32.2 Å². The minimum Gasteiger partial charge on any atom is -0.450 e. The third kappa shape index (κ3) is 6.33. The van der Waals surface area contributed by atoms with E-state index in [-0.39, 0.29) is 17.8 Å². The molecule has 4 N–H and O–H groups in total. The number of rotatable bonds is 5. The molecule has 1 aliphatic carbocycles. The quantitative estimate of drug-likeness (QED) is 0.232. The fraction of sp³-hybridized carbons (Fsp3) is 0.192. The maximum atomic E-state index is 14.8. The summed E-state index contributed by atoms with van der Waals surface area (Å²) in [6, 6.07) is 16.7. The number of carboxylic acid groups (broad SMARTS) is 2.